The van der Waals surface area contributed by atoms with Crippen LogP contribution in [0.1, 0.15) is 65.7 Å². The fourth-order valence-electron chi connectivity index (χ4n) is 7.21. The summed E-state index contributed by atoms with van der Waals surface area (Å²) in [5.41, 5.74) is -2.21. The van der Waals surface area contributed by atoms with E-state index in [1.165, 1.54) is 7.11 Å². The van der Waals surface area contributed by atoms with Crippen LogP contribution in [0, 0.1) is 28.6 Å². The lowest BCUT2D eigenvalue weighted by atomic mass is 9.39. The molecule has 3 saturated carbocycles. The van der Waals surface area contributed by atoms with E-state index in [0.717, 1.165) is 44.9 Å². The monoisotopic (exact) mass is 348 g/mol. The lowest BCUT2D eigenvalue weighted by Gasteiger charge is -2.69. The number of hydrogen-bond acceptors (Lipinski definition) is 4. The van der Waals surface area contributed by atoms with E-state index in [1.807, 2.05) is 6.26 Å². The van der Waals surface area contributed by atoms with Gasteiger partial charge in [0.25, 0.3) is 0 Å². The largest absolute Gasteiger partial charge is 0.492 e. The highest BCUT2D eigenvalue weighted by atomic mass is 16.5. The van der Waals surface area contributed by atoms with E-state index in [2.05, 4.69) is 26.8 Å². The van der Waals surface area contributed by atoms with Crippen molar-refractivity contribution in [2.75, 3.05) is 7.11 Å². The van der Waals surface area contributed by atoms with Crippen molar-refractivity contribution in [2.24, 2.45) is 28.6 Å². The average Bonchev–Trinajstić information content (AvgIpc) is 2.58. The minimum atomic E-state index is -0.890. The molecule has 4 rings (SSSR count). The molecule has 4 nitrogen and oxygen atoms in total. The van der Waals surface area contributed by atoms with Crippen LogP contribution in [0.25, 0.3) is 0 Å². The van der Waals surface area contributed by atoms with Gasteiger partial charge in [0.1, 0.15) is 11.2 Å². The van der Waals surface area contributed by atoms with E-state index >= 15 is 0 Å². The van der Waals surface area contributed by atoms with Crippen LogP contribution in [0.3, 0.4) is 0 Å². The molecule has 3 aliphatic carbocycles. The molecule has 4 heteroatoms. The zero-order valence-electron chi connectivity index (χ0n) is 16.0. The molecule has 3 fully saturated rings. The van der Waals surface area contributed by atoms with Gasteiger partial charge in [-0.3, -0.25) is 4.79 Å². The predicted octanol–water partition coefficient (Wildman–Crippen LogP) is 3.83. The highest BCUT2D eigenvalue weighted by Crippen LogP contribution is 2.69. The number of methoxy groups -OCH3 is 1. The number of allylic oxidation sites excluding steroid dienone is 1. The number of rotatable bonds is 1. The first kappa shape index (κ1) is 17.4. The molecule has 2 unspecified atom stereocenters. The molecule has 7 atom stereocenters. The van der Waals surface area contributed by atoms with Gasteiger partial charge in [0.15, 0.2) is 0 Å². The maximum atomic E-state index is 12.7. The lowest BCUT2D eigenvalue weighted by Crippen LogP contribution is -2.74. The van der Waals surface area contributed by atoms with Crippen molar-refractivity contribution in [3.63, 3.8) is 0 Å². The summed E-state index contributed by atoms with van der Waals surface area (Å²) in [5, 5.41) is 12.2. The average molecular weight is 348 g/mol. The molecule has 0 aromatic carbocycles. The minimum absolute atomic E-state index is 0.117. The Hall–Kier alpha value is -1.03. The Labute approximate surface area is 151 Å². The molecule has 0 amide bonds. The summed E-state index contributed by atoms with van der Waals surface area (Å²) in [6.07, 6.45) is 10.2. The summed E-state index contributed by atoms with van der Waals surface area (Å²) in [7, 11) is 1.49. The zero-order chi connectivity index (χ0) is 18.1. The fraction of sp³-hybridized carbons (Fsp3) is 0.857. The maximum absolute atomic E-state index is 12.7. The smallest absolute Gasteiger partial charge is 0.311 e. The van der Waals surface area contributed by atoms with Crippen LogP contribution in [-0.2, 0) is 14.3 Å². The van der Waals surface area contributed by atoms with Gasteiger partial charge in [-0.1, -0.05) is 20.3 Å². The lowest BCUT2D eigenvalue weighted by molar-refractivity contribution is -0.306. The van der Waals surface area contributed by atoms with Crippen molar-refractivity contribution in [2.45, 2.75) is 76.9 Å². The molecule has 4 aliphatic rings. The highest BCUT2D eigenvalue weighted by molar-refractivity contribution is 5.77. The summed E-state index contributed by atoms with van der Waals surface area (Å²) >= 11 is 0. The number of hydrogen-bond donors (Lipinski definition) is 1. The predicted molar refractivity (Wildman–Crippen MR) is 94.6 cm³/mol. The normalized spacial score (nSPS) is 54.0. The Morgan fingerprint density at radius 1 is 1.24 bits per heavy atom. The van der Waals surface area contributed by atoms with Gasteiger partial charge in [0.2, 0.25) is 0 Å². The number of fused-ring (bicyclic) bond motifs is 3. The van der Waals surface area contributed by atoms with Crippen LogP contribution in [-0.4, -0.2) is 29.4 Å². The van der Waals surface area contributed by atoms with Gasteiger partial charge in [0.05, 0.1) is 18.8 Å². The van der Waals surface area contributed by atoms with Crippen molar-refractivity contribution in [3.8, 4) is 0 Å². The first-order chi connectivity index (χ1) is 11.7. The van der Waals surface area contributed by atoms with Crippen LogP contribution in [0.15, 0.2) is 12.3 Å². The Balaban J connectivity index is 1.81. The SMILES string of the molecule is COC(=O)[C@]1(C)CCC[C@]2(C)[C@@H]1CCC13C[C@@H](C=CO1)[C@@H](C)CC32O. The quantitative estimate of drug-likeness (QED) is 0.732. The van der Waals surface area contributed by atoms with Crippen molar-refractivity contribution >= 4 is 5.97 Å². The first-order valence-electron chi connectivity index (χ1n) is 9.88. The van der Waals surface area contributed by atoms with Crippen LogP contribution in [0.4, 0.5) is 0 Å². The van der Waals surface area contributed by atoms with E-state index < -0.39 is 16.6 Å². The molecule has 1 N–H and O–H groups in total. The number of ether oxygens (including phenoxy) is 2. The molecule has 25 heavy (non-hydrogen) atoms. The van der Waals surface area contributed by atoms with E-state index in [0.29, 0.717) is 11.8 Å². The molecule has 0 saturated heterocycles. The van der Waals surface area contributed by atoms with Crippen LogP contribution >= 0.6 is 0 Å². The zero-order valence-corrected chi connectivity index (χ0v) is 16.0. The van der Waals surface area contributed by atoms with Gasteiger partial charge in [0, 0.05) is 5.41 Å². The van der Waals surface area contributed by atoms with Gasteiger partial charge >= 0.3 is 5.97 Å². The highest BCUT2D eigenvalue weighted by Gasteiger charge is 2.73. The van der Waals surface area contributed by atoms with Crippen LogP contribution in [0.5, 0.6) is 0 Å². The molecule has 0 aromatic rings. The number of aliphatic hydroxyl groups is 1. The molecule has 1 spiro atoms. The van der Waals surface area contributed by atoms with Gasteiger partial charge < -0.3 is 14.6 Å². The van der Waals surface area contributed by atoms with Gasteiger partial charge in [-0.25, -0.2) is 0 Å². The molecule has 1 aliphatic heterocycles. The van der Waals surface area contributed by atoms with Crippen LogP contribution < -0.4 is 0 Å². The maximum Gasteiger partial charge on any atom is 0.311 e. The molecule has 2 bridgehead atoms. The number of carbonyl (C=O) groups excluding carboxylic acids is 1. The number of esters is 1. The summed E-state index contributed by atoms with van der Waals surface area (Å²) < 4.78 is 11.4. The standard InChI is InChI=1S/C21H32O4/c1-14-12-21(23)19(3)9-5-8-18(2,17(22)24-4)16(19)6-10-20(21)13-15(14)7-11-25-20/h7,11,14-16,23H,5-6,8-10,12-13H2,1-4H3/t14-,15+,16+,18+,19+,20?,21?/m0/s1. The summed E-state index contributed by atoms with van der Waals surface area (Å²) in [4.78, 5) is 12.7. The van der Waals surface area contributed by atoms with Crippen molar-refractivity contribution < 1.29 is 19.4 Å². The van der Waals surface area contributed by atoms with E-state index in [9.17, 15) is 9.90 Å². The second kappa shape index (κ2) is 5.25. The molecule has 140 valence electrons. The Kier molecular flexibility index (Phi) is 3.65. The molecular formula is C21H32O4. The summed E-state index contributed by atoms with van der Waals surface area (Å²) in [6, 6.07) is 0. The first-order valence-corrected chi connectivity index (χ1v) is 9.88. The third kappa shape index (κ3) is 1.95. The third-order valence-electron chi connectivity index (χ3n) is 8.65. The molecule has 0 aromatic heterocycles. The van der Waals surface area contributed by atoms with E-state index in [-0.39, 0.29) is 17.3 Å². The minimum Gasteiger partial charge on any atom is -0.492 e. The van der Waals surface area contributed by atoms with E-state index in [1.54, 1.807) is 0 Å². The van der Waals surface area contributed by atoms with Crippen molar-refractivity contribution in [1.29, 1.82) is 0 Å². The van der Waals surface area contributed by atoms with Gasteiger partial charge in [-0.2, -0.15) is 0 Å². The second-order valence-electron chi connectivity index (χ2n) is 9.62. The van der Waals surface area contributed by atoms with E-state index in [4.69, 9.17) is 9.47 Å². The van der Waals surface area contributed by atoms with Gasteiger partial charge in [-0.15, -0.1) is 0 Å². The number of carbonyl (C=O) groups is 1. The van der Waals surface area contributed by atoms with Gasteiger partial charge in [-0.05, 0) is 69.3 Å². The Morgan fingerprint density at radius 2 is 2.00 bits per heavy atom. The molecular weight excluding hydrogens is 316 g/mol. The fourth-order valence-corrected chi connectivity index (χ4v) is 7.21. The third-order valence-corrected chi connectivity index (χ3v) is 8.65. The molecule has 1 heterocycles. The summed E-state index contributed by atoms with van der Waals surface area (Å²) in [5.74, 6) is 0.939. The molecule has 0 radical (unpaired) electrons. The van der Waals surface area contributed by atoms with Crippen molar-refractivity contribution in [3.05, 3.63) is 12.3 Å². The summed E-state index contributed by atoms with van der Waals surface area (Å²) in [6.45, 7) is 6.52. The van der Waals surface area contributed by atoms with Crippen molar-refractivity contribution in [1.82, 2.24) is 0 Å². The second-order valence-corrected chi connectivity index (χ2v) is 9.62. The Morgan fingerprint density at radius 3 is 2.72 bits per heavy atom. The van der Waals surface area contributed by atoms with Crippen LogP contribution in [0.2, 0.25) is 0 Å². The topological polar surface area (TPSA) is 55.8 Å². The Bertz CT molecular complexity index is 615.